The number of hydrogen-bond donors (Lipinski definition) is 2. The van der Waals surface area contributed by atoms with Gasteiger partial charge in [-0.2, -0.15) is 0 Å². The van der Waals surface area contributed by atoms with Gasteiger partial charge in [0.2, 0.25) is 0 Å². The van der Waals surface area contributed by atoms with E-state index in [1.54, 1.807) is 0 Å². The van der Waals surface area contributed by atoms with E-state index in [2.05, 4.69) is 42.7 Å². The zero-order valence-electron chi connectivity index (χ0n) is 11.1. The van der Waals surface area contributed by atoms with Crippen molar-refractivity contribution in [2.24, 2.45) is 5.92 Å². The Kier molecular flexibility index (Phi) is 4.57. The van der Waals surface area contributed by atoms with E-state index < -0.39 is 0 Å². The Balaban J connectivity index is 1.70. The first-order valence-electron chi connectivity index (χ1n) is 6.73. The van der Waals surface area contributed by atoms with Gasteiger partial charge in [-0.15, -0.1) is 0 Å². The summed E-state index contributed by atoms with van der Waals surface area (Å²) in [5.74, 6) is 0.842. The summed E-state index contributed by atoms with van der Waals surface area (Å²) in [5.41, 5.74) is 4.26. The van der Waals surface area contributed by atoms with Crippen LogP contribution in [0.25, 0.3) is 0 Å². The average molecular weight is 232 g/mol. The van der Waals surface area contributed by atoms with Gasteiger partial charge in [-0.3, -0.25) is 0 Å². The minimum atomic E-state index is 0.842. The van der Waals surface area contributed by atoms with Crippen LogP contribution in [0.3, 0.4) is 0 Å². The summed E-state index contributed by atoms with van der Waals surface area (Å²) >= 11 is 0. The normalized spacial score (nSPS) is 19.8. The van der Waals surface area contributed by atoms with Crippen molar-refractivity contribution in [3.63, 3.8) is 0 Å². The van der Waals surface area contributed by atoms with Crippen molar-refractivity contribution in [1.29, 1.82) is 0 Å². The van der Waals surface area contributed by atoms with Crippen LogP contribution in [0.5, 0.6) is 0 Å². The van der Waals surface area contributed by atoms with E-state index in [-0.39, 0.29) is 0 Å². The number of aryl methyl sites for hydroxylation is 2. The molecule has 0 aliphatic carbocycles. The van der Waals surface area contributed by atoms with E-state index in [1.807, 2.05) is 0 Å². The van der Waals surface area contributed by atoms with Gasteiger partial charge in [0.05, 0.1) is 0 Å². The molecule has 0 spiro atoms. The summed E-state index contributed by atoms with van der Waals surface area (Å²) in [6.07, 6.45) is 2.48. The van der Waals surface area contributed by atoms with Gasteiger partial charge in [0.25, 0.3) is 0 Å². The minimum absolute atomic E-state index is 0.842. The second-order valence-electron chi connectivity index (χ2n) is 5.24. The van der Waals surface area contributed by atoms with Crippen molar-refractivity contribution in [3.05, 3.63) is 34.9 Å². The summed E-state index contributed by atoms with van der Waals surface area (Å²) in [6.45, 7) is 9.02. The van der Waals surface area contributed by atoms with Crippen molar-refractivity contribution in [1.82, 2.24) is 10.6 Å². The first kappa shape index (κ1) is 12.6. The van der Waals surface area contributed by atoms with Gasteiger partial charge in [0, 0.05) is 0 Å². The molecule has 1 aromatic rings. The van der Waals surface area contributed by atoms with Crippen molar-refractivity contribution >= 4 is 0 Å². The maximum atomic E-state index is 3.58. The molecule has 1 heterocycles. The summed E-state index contributed by atoms with van der Waals surface area (Å²) in [5, 5.41) is 6.98. The third-order valence-corrected chi connectivity index (χ3v) is 3.66. The molecule has 1 fully saturated rings. The number of rotatable bonds is 5. The predicted octanol–water partition coefficient (Wildman–Crippen LogP) is 2.05. The first-order chi connectivity index (χ1) is 8.25. The van der Waals surface area contributed by atoms with Gasteiger partial charge in [-0.25, -0.2) is 0 Å². The highest BCUT2D eigenvalue weighted by Gasteiger charge is 2.13. The molecule has 1 saturated heterocycles. The lowest BCUT2D eigenvalue weighted by molar-refractivity contribution is 0.515. The zero-order valence-corrected chi connectivity index (χ0v) is 11.1. The second kappa shape index (κ2) is 6.18. The minimum Gasteiger partial charge on any atom is -0.316 e. The highest BCUT2D eigenvalue weighted by molar-refractivity contribution is 5.30. The van der Waals surface area contributed by atoms with Gasteiger partial charge >= 0.3 is 0 Å². The van der Waals surface area contributed by atoms with Crippen LogP contribution in [0.2, 0.25) is 0 Å². The quantitative estimate of drug-likeness (QED) is 0.759. The molecule has 1 atom stereocenters. The second-order valence-corrected chi connectivity index (χ2v) is 5.24. The van der Waals surface area contributed by atoms with Gasteiger partial charge in [-0.05, 0) is 69.9 Å². The van der Waals surface area contributed by atoms with Crippen LogP contribution in [-0.2, 0) is 6.42 Å². The van der Waals surface area contributed by atoms with E-state index in [0.717, 1.165) is 25.4 Å². The molecule has 1 aromatic carbocycles. The standard InChI is InChI=1S/C15H24N2/c1-12-3-4-15(13(2)9-12)6-8-17-11-14-5-7-16-10-14/h3-4,9,14,16-17H,5-8,10-11H2,1-2H3. The van der Waals surface area contributed by atoms with Crippen LogP contribution in [-0.4, -0.2) is 26.2 Å². The Labute approximate surface area is 105 Å². The molecule has 2 nitrogen and oxygen atoms in total. The highest BCUT2D eigenvalue weighted by atomic mass is 14.9. The van der Waals surface area contributed by atoms with Gasteiger partial charge in [0.15, 0.2) is 0 Å². The lowest BCUT2D eigenvalue weighted by atomic mass is 10.0. The number of benzene rings is 1. The molecule has 0 amide bonds. The molecule has 94 valence electrons. The zero-order chi connectivity index (χ0) is 12.1. The lowest BCUT2D eigenvalue weighted by Gasteiger charge is -2.11. The Hall–Kier alpha value is -0.860. The Morgan fingerprint density at radius 3 is 2.94 bits per heavy atom. The van der Waals surface area contributed by atoms with E-state index in [9.17, 15) is 0 Å². The van der Waals surface area contributed by atoms with E-state index in [0.29, 0.717) is 0 Å². The van der Waals surface area contributed by atoms with Crippen molar-refractivity contribution in [2.75, 3.05) is 26.2 Å². The van der Waals surface area contributed by atoms with Gasteiger partial charge in [0.1, 0.15) is 0 Å². The summed E-state index contributed by atoms with van der Waals surface area (Å²) < 4.78 is 0. The SMILES string of the molecule is Cc1ccc(CCNCC2CCNC2)c(C)c1. The van der Waals surface area contributed by atoms with E-state index in [4.69, 9.17) is 0 Å². The first-order valence-corrected chi connectivity index (χ1v) is 6.73. The molecule has 0 bridgehead atoms. The van der Waals surface area contributed by atoms with Crippen LogP contribution in [0.4, 0.5) is 0 Å². The molecular formula is C15H24N2. The Morgan fingerprint density at radius 2 is 2.24 bits per heavy atom. The summed E-state index contributed by atoms with van der Waals surface area (Å²) in [7, 11) is 0. The summed E-state index contributed by atoms with van der Waals surface area (Å²) in [6, 6.07) is 6.75. The van der Waals surface area contributed by atoms with Crippen molar-refractivity contribution in [3.8, 4) is 0 Å². The fourth-order valence-electron chi connectivity index (χ4n) is 2.54. The topological polar surface area (TPSA) is 24.1 Å². The third-order valence-electron chi connectivity index (χ3n) is 3.66. The average Bonchev–Trinajstić information content (AvgIpc) is 2.79. The summed E-state index contributed by atoms with van der Waals surface area (Å²) in [4.78, 5) is 0. The van der Waals surface area contributed by atoms with Crippen LogP contribution < -0.4 is 10.6 Å². The molecule has 2 rings (SSSR count). The maximum absolute atomic E-state index is 3.58. The van der Waals surface area contributed by atoms with Crippen LogP contribution in [0.15, 0.2) is 18.2 Å². The fourth-order valence-corrected chi connectivity index (χ4v) is 2.54. The number of nitrogens with one attached hydrogen (secondary N) is 2. The Bertz CT molecular complexity index is 354. The molecule has 1 aliphatic heterocycles. The van der Waals surface area contributed by atoms with E-state index in [1.165, 1.54) is 36.2 Å². The third kappa shape index (κ3) is 3.83. The smallest absolute Gasteiger partial charge is 0.000777 e. The fraction of sp³-hybridized carbons (Fsp3) is 0.600. The van der Waals surface area contributed by atoms with Crippen LogP contribution in [0.1, 0.15) is 23.1 Å². The molecule has 0 aromatic heterocycles. The molecule has 17 heavy (non-hydrogen) atoms. The molecule has 1 aliphatic rings. The molecule has 2 N–H and O–H groups in total. The number of hydrogen-bond acceptors (Lipinski definition) is 2. The molecular weight excluding hydrogens is 208 g/mol. The molecule has 1 unspecified atom stereocenters. The van der Waals surface area contributed by atoms with Crippen LogP contribution in [0, 0.1) is 19.8 Å². The molecule has 0 saturated carbocycles. The van der Waals surface area contributed by atoms with Crippen molar-refractivity contribution in [2.45, 2.75) is 26.7 Å². The van der Waals surface area contributed by atoms with Crippen LogP contribution >= 0.6 is 0 Å². The van der Waals surface area contributed by atoms with E-state index >= 15 is 0 Å². The molecule has 2 heteroatoms. The predicted molar refractivity (Wildman–Crippen MR) is 73.5 cm³/mol. The highest BCUT2D eigenvalue weighted by Crippen LogP contribution is 2.11. The van der Waals surface area contributed by atoms with Crippen molar-refractivity contribution < 1.29 is 0 Å². The maximum Gasteiger partial charge on any atom is -0.000777 e. The largest absolute Gasteiger partial charge is 0.316 e. The van der Waals surface area contributed by atoms with Gasteiger partial charge < -0.3 is 10.6 Å². The Morgan fingerprint density at radius 1 is 1.35 bits per heavy atom. The monoisotopic (exact) mass is 232 g/mol. The molecule has 0 radical (unpaired) electrons. The lowest BCUT2D eigenvalue weighted by Crippen LogP contribution is -2.26. The van der Waals surface area contributed by atoms with Gasteiger partial charge in [-0.1, -0.05) is 23.8 Å².